The fourth-order valence-corrected chi connectivity index (χ4v) is 4.15. The Balaban J connectivity index is 1.96. The number of phenolic OH excluding ortho intramolecular Hbond substituents is 2. The zero-order valence-electron chi connectivity index (χ0n) is 13.1. The predicted octanol–water partition coefficient (Wildman–Crippen LogP) is 4.30. The summed E-state index contributed by atoms with van der Waals surface area (Å²) >= 11 is 0. The van der Waals surface area contributed by atoms with Crippen LogP contribution in [0.1, 0.15) is 11.1 Å². The number of benzene rings is 3. The number of aromatic nitrogens is 2. The normalized spacial score (nSPS) is 13.6. The van der Waals surface area contributed by atoms with Crippen molar-refractivity contribution in [3.8, 4) is 11.5 Å². The van der Waals surface area contributed by atoms with Crippen LogP contribution in [0, 0.1) is 0 Å². The van der Waals surface area contributed by atoms with E-state index in [0.29, 0.717) is 6.54 Å². The fourth-order valence-electron chi connectivity index (χ4n) is 4.15. The molecule has 2 aromatic heterocycles. The number of nitrogens with one attached hydrogen (secondary N) is 2. The molecule has 120 valence electrons. The standard InChI is InChI=1S/C20H13N3O2/c24-9-1-3-15-11(5-9)17-13-7-21-8-14(13)18-12-6-10(25)2-4-16(12)23-20(18)19(17)22-15/h1-7,22-25H,8H2. The maximum absolute atomic E-state index is 9.93. The molecular weight excluding hydrogens is 314 g/mol. The molecule has 0 aliphatic carbocycles. The number of hydrogen-bond acceptors (Lipinski definition) is 3. The van der Waals surface area contributed by atoms with Crippen LogP contribution < -0.4 is 0 Å². The van der Waals surface area contributed by atoms with E-state index in [1.54, 1.807) is 24.3 Å². The monoisotopic (exact) mass is 327 g/mol. The van der Waals surface area contributed by atoms with Gasteiger partial charge in [0.15, 0.2) is 0 Å². The van der Waals surface area contributed by atoms with Crippen LogP contribution in [-0.4, -0.2) is 26.4 Å². The van der Waals surface area contributed by atoms with Gasteiger partial charge in [-0.1, -0.05) is 0 Å². The minimum absolute atomic E-state index is 0.249. The number of hydrogen-bond donors (Lipinski definition) is 4. The van der Waals surface area contributed by atoms with Crippen molar-refractivity contribution < 1.29 is 10.2 Å². The smallest absolute Gasteiger partial charge is 0.116 e. The third-order valence-electron chi connectivity index (χ3n) is 5.18. The summed E-state index contributed by atoms with van der Waals surface area (Å²) in [5.74, 6) is 0.501. The second-order valence-electron chi connectivity index (χ2n) is 6.57. The minimum Gasteiger partial charge on any atom is -0.508 e. The highest BCUT2D eigenvalue weighted by Crippen LogP contribution is 2.42. The molecule has 5 heteroatoms. The fraction of sp³-hybridized carbons (Fsp3) is 0.0500. The molecular formula is C20H13N3O2. The van der Waals surface area contributed by atoms with Gasteiger partial charge in [0, 0.05) is 44.4 Å². The van der Waals surface area contributed by atoms with E-state index in [1.165, 1.54) is 0 Å². The van der Waals surface area contributed by atoms with Crippen LogP contribution in [0.3, 0.4) is 0 Å². The molecule has 0 saturated heterocycles. The van der Waals surface area contributed by atoms with Gasteiger partial charge in [-0.2, -0.15) is 0 Å². The van der Waals surface area contributed by atoms with Crippen molar-refractivity contribution >= 4 is 49.8 Å². The minimum atomic E-state index is 0.249. The van der Waals surface area contributed by atoms with Crippen molar-refractivity contribution in [3.05, 3.63) is 47.5 Å². The summed E-state index contributed by atoms with van der Waals surface area (Å²) in [5, 5.41) is 24.0. The van der Waals surface area contributed by atoms with Gasteiger partial charge >= 0.3 is 0 Å². The Hall–Kier alpha value is -3.47. The van der Waals surface area contributed by atoms with Gasteiger partial charge in [0.2, 0.25) is 0 Å². The van der Waals surface area contributed by atoms with Crippen LogP contribution in [0.5, 0.6) is 11.5 Å². The van der Waals surface area contributed by atoms with Crippen LogP contribution in [0.4, 0.5) is 0 Å². The Morgan fingerprint density at radius 1 is 0.800 bits per heavy atom. The highest BCUT2D eigenvalue weighted by Gasteiger charge is 2.22. The molecule has 3 heterocycles. The van der Waals surface area contributed by atoms with Gasteiger partial charge in [0.25, 0.3) is 0 Å². The van der Waals surface area contributed by atoms with Gasteiger partial charge in [0.1, 0.15) is 11.5 Å². The van der Waals surface area contributed by atoms with Crippen LogP contribution >= 0.6 is 0 Å². The van der Waals surface area contributed by atoms with Gasteiger partial charge < -0.3 is 20.2 Å². The van der Waals surface area contributed by atoms with E-state index in [4.69, 9.17) is 0 Å². The Kier molecular flexibility index (Phi) is 2.13. The van der Waals surface area contributed by atoms with Gasteiger partial charge in [-0.3, -0.25) is 4.99 Å². The molecule has 0 bridgehead atoms. The number of rotatable bonds is 0. The van der Waals surface area contributed by atoms with Crippen LogP contribution in [0.25, 0.3) is 43.6 Å². The van der Waals surface area contributed by atoms with E-state index in [2.05, 4.69) is 15.0 Å². The molecule has 0 atom stereocenters. The SMILES string of the molecule is Oc1ccc2[nH]c3c4[nH]c5ccc(O)cc5c4c4c(c3c2c1)C=NC4. The van der Waals surface area contributed by atoms with Crippen LogP contribution in [0.15, 0.2) is 41.4 Å². The zero-order valence-corrected chi connectivity index (χ0v) is 13.1. The molecule has 6 rings (SSSR count). The molecule has 0 saturated carbocycles. The first-order valence-electron chi connectivity index (χ1n) is 8.14. The van der Waals surface area contributed by atoms with Crippen LogP contribution in [0.2, 0.25) is 0 Å². The Morgan fingerprint density at radius 3 is 2.08 bits per heavy atom. The second-order valence-corrected chi connectivity index (χ2v) is 6.57. The van der Waals surface area contributed by atoms with Crippen molar-refractivity contribution in [2.24, 2.45) is 4.99 Å². The lowest BCUT2D eigenvalue weighted by Crippen LogP contribution is -1.88. The Labute approximate surface area is 141 Å². The van der Waals surface area contributed by atoms with E-state index in [-0.39, 0.29) is 11.5 Å². The van der Waals surface area contributed by atoms with Gasteiger partial charge in [-0.05, 0) is 42.0 Å². The first kappa shape index (κ1) is 12.9. The molecule has 1 aliphatic heterocycles. The number of phenols is 2. The average molecular weight is 327 g/mol. The maximum Gasteiger partial charge on any atom is 0.116 e. The molecule has 0 spiro atoms. The topological polar surface area (TPSA) is 84.4 Å². The lowest BCUT2D eigenvalue weighted by molar-refractivity contribution is 0.475. The maximum atomic E-state index is 9.93. The largest absolute Gasteiger partial charge is 0.508 e. The van der Waals surface area contributed by atoms with E-state index in [0.717, 1.165) is 54.7 Å². The van der Waals surface area contributed by atoms with E-state index in [9.17, 15) is 10.2 Å². The summed E-state index contributed by atoms with van der Waals surface area (Å²) in [6.07, 6.45) is 1.91. The van der Waals surface area contributed by atoms with E-state index in [1.807, 2.05) is 18.3 Å². The summed E-state index contributed by atoms with van der Waals surface area (Å²) in [7, 11) is 0. The molecule has 1 aliphatic rings. The second kappa shape index (κ2) is 4.13. The highest BCUT2D eigenvalue weighted by molar-refractivity contribution is 6.28. The van der Waals surface area contributed by atoms with Crippen molar-refractivity contribution in [1.82, 2.24) is 9.97 Å². The zero-order chi connectivity index (χ0) is 16.7. The molecule has 5 nitrogen and oxygen atoms in total. The molecule has 0 radical (unpaired) electrons. The highest BCUT2D eigenvalue weighted by atomic mass is 16.3. The summed E-state index contributed by atoms with van der Waals surface area (Å²) in [5.41, 5.74) is 6.21. The number of H-pyrrole nitrogens is 2. The molecule has 4 N–H and O–H groups in total. The molecule has 0 amide bonds. The summed E-state index contributed by atoms with van der Waals surface area (Å²) < 4.78 is 0. The first-order valence-corrected chi connectivity index (χ1v) is 8.14. The Morgan fingerprint density at radius 2 is 1.40 bits per heavy atom. The van der Waals surface area contributed by atoms with Gasteiger partial charge in [-0.25, -0.2) is 0 Å². The first-order chi connectivity index (χ1) is 12.2. The quantitative estimate of drug-likeness (QED) is 0.342. The number of fused-ring (bicyclic) bond motifs is 10. The molecule has 25 heavy (non-hydrogen) atoms. The summed E-state index contributed by atoms with van der Waals surface area (Å²) in [4.78, 5) is 11.5. The van der Waals surface area contributed by atoms with Crippen molar-refractivity contribution in [2.75, 3.05) is 0 Å². The van der Waals surface area contributed by atoms with E-state index < -0.39 is 0 Å². The van der Waals surface area contributed by atoms with Crippen LogP contribution in [-0.2, 0) is 6.54 Å². The lowest BCUT2D eigenvalue weighted by Gasteiger charge is -2.05. The van der Waals surface area contributed by atoms with Gasteiger partial charge in [0.05, 0.1) is 17.6 Å². The number of nitrogens with zero attached hydrogens (tertiary/aromatic N) is 1. The number of aliphatic imine (C=N–C) groups is 1. The Bertz CT molecular complexity index is 1390. The third kappa shape index (κ3) is 1.50. The summed E-state index contributed by atoms with van der Waals surface area (Å²) in [6.45, 7) is 0.621. The number of aromatic amines is 2. The molecule has 3 aromatic carbocycles. The molecule has 0 unspecified atom stereocenters. The molecule has 5 aromatic rings. The van der Waals surface area contributed by atoms with Crippen molar-refractivity contribution in [1.29, 1.82) is 0 Å². The lowest BCUT2D eigenvalue weighted by atomic mass is 9.97. The molecule has 0 fully saturated rings. The van der Waals surface area contributed by atoms with E-state index >= 15 is 0 Å². The third-order valence-corrected chi connectivity index (χ3v) is 5.18. The predicted molar refractivity (Wildman–Crippen MR) is 99.8 cm³/mol. The van der Waals surface area contributed by atoms with Gasteiger partial charge in [-0.15, -0.1) is 0 Å². The van der Waals surface area contributed by atoms with Crippen molar-refractivity contribution in [3.63, 3.8) is 0 Å². The van der Waals surface area contributed by atoms with Crippen molar-refractivity contribution in [2.45, 2.75) is 6.54 Å². The summed E-state index contributed by atoms with van der Waals surface area (Å²) in [6, 6.07) is 10.8. The number of aromatic hydroxyl groups is 2. The average Bonchev–Trinajstić information content (AvgIpc) is 3.27.